The summed E-state index contributed by atoms with van der Waals surface area (Å²) in [6.07, 6.45) is 3.75. The number of nitrogens with two attached hydrogens (primary N) is 1. The Morgan fingerprint density at radius 1 is 1.38 bits per heavy atom. The minimum atomic E-state index is -0.249. The van der Waals surface area contributed by atoms with Gasteiger partial charge in [-0.15, -0.1) is 0 Å². The summed E-state index contributed by atoms with van der Waals surface area (Å²) in [7, 11) is 0. The molecule has 0 aliphatic carbocycles. The first-order valence-electron chi connectivity index (χ1n) is 5.15. The van der Waals surface area contributed by atoms with Crippen LogP contribution in [0.2, 0.25) is 0 Å². The monoisotopic (exact) mass is 219 g/mol. The maximum atomic E-state index is 13.0. The summed E-state index contributed by atoms with van der Waals surface area (Å²) >= 11 is 0. The van der Waals surface area contributed by atoms with Gasteiger partial charge in [0.05, 0.1) is 12.7 Å². The summed E-state index contributed by atoms with van der Waals surface area (Å²) in [5.41, 5.74) is 8.52. The Labute approximate surface area is 93.7 Å². The molecule has 2 aromatic rings. The lowest BCUT2D eigenvalue weighted by molar-refractivity contribution is 0.620. The highest BCUT2D eigenvalue weighted by molar-refractivity contribution is 5.28. The number of hydrogen-bond acceptors (Lipinski definition) is 2. The van der Waals surface area contributed by atoms with E-state index in [0.717, 1.165) is 16.7 Å². The highest BCUT2D eigenvalue weighted by Crippen LogP contribution is 2.12. The lowest BCUT2D eigenvalue weighted by Gasteiger charge is -2.07. The number of benzene rings is 1. The summed E-state index contributed by atoms with van der Waals surface area (Å²) in [4.78, 5) is 0. The van der Waals surface area contributed by atoms with Gasteiger partial charge in [-0.2, -0.15) is 5.10 Å². The molecule has 0 amide bonds. The van der Waals surface area contributed by atoms with Gasteiger partial charge >= 0.3 is 0 Å². The minimum absolute atomic E-state index is 0.249. The molecule has 0 radical (unpaired) electrons. The molecule has 4 heteroatoms. The quantitative estimate of drug-likeness (QED) is 0.856. The van der Waals surface area contributed by atoms with Gasteiger partial charge in [-0.25, -0.2) is 4.39 Å². The van der Waals surface area contributed by atoms with Crippen LogP contribution in [0.4, 0.5) is 4.39 Å². The van der Waals surface area contributed by atoms with Gasteiger partial charge in [-0.1, -0.05) is 6.07 Å². The second-order valence-corrected chi connectivity index (χ2v) is 3.83. The van der Waals surface area contributed by atoms with E-state index in [2.05, 4.69) is 5.10 Å². The van der Waals surface area contributed by atoms with Crippen LogP contribution in [0.15, 0.2) is 30.6 Å². The van der Waals surface area contributed by atoms with Crippen molar-refractivity contribution in [2.45, 2.75) is 20.0 Å². The van der Waals surface area contributed by atoms with Gasteiger partial charge in [-0.05, 0) is 35.7 Å². The van der Waals surface area contributed by atoms with E-state index in [1.54, 1.807) is 12.3 Å². The average Bonchev–Trinajstić information content (AvgIpc) is 2.67. The lowest BCUT2D eigenvalue weighted by Crippen LogP contribution is -2.07. The van der Waals surface area contributed by atoms with Gasteiger partial charge in [0.25, 0.3) is 0 Å². The van der Waals surface area contributed by atoms with Crippen LogP contribution in [0.1, 0.15) is 16.7 Å². The molecule has 0 saturated carbocycles. The summed E-state index contributed by atoms with van der Waals surface area (Å²) in [5.74, 6) is -0.249. The predicted octanol–water partition coefficient (Wildman–Crippen LogP) is 1.84. The van der Waals surface area contributed by atoms with Crippen molar-refractivity contribution in [2.75, 3.05) is 0 Å². The Hall–Kier alpha value is -1.68. The third-order valence-corrected chi connectivity index (χ3v) is 2.48. The minimum Gasteiger partial charge on any atom is -0.326 e. The molecule has 0 unspecified atom stereocenters. The Bertz CT molecular complexity index is 491. The molecule has 0 spiro atoms. The number of rotatable bonds is 3. The van der Waals surface area contributed by atoms with Crippen molar-refractivity contribution in [3.8, 4) is 0 Å². The zero-order valence-electron chi connectivity index (χ0n) is 9.15. The number of halogens is 1. The van der Waals surface area contributed by atoms with Gasteiger partial charge in [0, 0.05) is 12.7 Å². The van der Waals surface area contributed by atoms with Crippen molar-refractivity contribution in [1.29, 1.82) is 0 Å². The Morgan fingerprint density at radius 3 is 2.81 bits per heavy atom. The Morgan fingerprint density at radius 2 is 2.19 bits per heavy atom. The first-order valence-corrected chi connectivity index (χ1v) is 5.15. The van der Waals surface area contributed by atoms with Gasteiger partial charge in [-0.3, -0.25) is 4.68 Å². The maximum Gasteiger partial charge on any atom is 0.123 e. The number of aromatic nitrogens is 2. The number of nitrogens with zero attached hydrogens (tertiary/aromatic N) is 2. The van der Waals surface area contributed by atoms with E-state index in [1.165, 1.54) is 12.1 Å². The molecule has 16 heavy (non-hydrogen) atoms. The summed E-state index contributed by atoms with van der Waals surface area (Å²) in [5, 5.41) is 4.19. The molecule has 1 aromatic heterocycles. The smallest absolute Gasteiger partial charge is 0.123 e. The normalized spacial score (nSPS) is 10.7. The van der Waals surface area contributed by atoms with Crippen LogP contribution < -0.4 is 5.73 Å². The Balaban J connectivity index is 2.27. The molecular weight excluding hydrogens is 205 g/mol. The summed E-state index contributed by atoms with van der Waals surface area (Å²) in [6.45, 7) is 2.95. The molecule has 2 N–H and O–H groups in total. The summed E-state index contributed by atoms with van der Waals surface area (Å²) in [6, 6.07) is 4.69. The van der Waals surface area contributed by atoms with Crippen molar-refractivity contribution < 1.29 is 4.39 Å². The van der Waals surface area contributed by atoms with Gasteiger partial charge < -0.3 is 5.73 Å². The first-order chi connectivity index (χ1) is 7.69. The van der Waals surface area contributed by atoms with Crippen molar-refractivity contribution in [3.63, 3.8) is 0 Å². The lowest BCUT2D eigenvalue weighted by atomic mass is 10.1. The first kappa shape index (κ1) is 10.8. The molecule has 0 bridgehead atoms. The molecule has 0 atom stereocenters. The molecule has 0 fully saturated rings. The topological polar surface area (TPSA) is 43.8 Å². The third-order valence-electron chi connectivity index (χ3n) is 2.48. The zero-order valence-corrected chi connectivity index (χ0v) is 9.15. The Kier molecular flexibility index (Phi) is 3.01. The molecule has 1 heterocycles. The van der Waals surface area contributed by atoms with Crippen LogP contribution in [0, 0.1) is 12.7 Å². The molecule has 84 valence electrons. The fourth-order valence-electron chi connectivity index (χ4n) is 1.67. The van der Waals surface area contributed by atoms with E-state index in [4.69, 9.17) is 5.73 Å². The zero-order chi connectivity index (χ0) is 11.5. The standard InChI is InChI=1S/C12H14FN3/c1-9-6-15-16(7-9)8-10-2-3-12(13)4-11(10)5-14/h2-4,6-7H,5,8,14H2,1H3. The van der Waals surface area contributed by atoms with Crippen LogP contribution in [0.5, 0.6) is 0 Å². The fraction of sp³-hybridized carbons (Fsp3) is 0.250. The average molecular weight is 219 g/mol. The van der Waals surface area contributed by atoms with E-state index >= 15 is 0 Å². The number of aryl methyl sites for hydroxylation is 1. The van der Waals surface area contributed by atoms with E-state index in [9.17, 15) is 4.39 Å². The van der Waals surface area contributed by atoms with Gasteiger partial charge in [0.15, 0.2) is 0 Å². The highest BCUT2D eigenvalue weighted by Gasteiger charge is 2.04. The van der Waals surface area contributed by atoms with Crippen LogP contribution >= 0.6 is 0 Å². The molecule has 2 rings (SSSR count). The van der Waals surface area contributed by atoms with Gasteiger partial charge in [0.1, 0.15) is 5.82 Å². The van der Waals surface area contributed by atoms with Crippen molar-refractivity contribution in [2.24, 2.45) is 5.73 Å². The van der Waals surface area contributed by atoms with Crippen LogP contribution in [0.3, 0.4) is 0 Å². The van der Waals surface area contributed by atoms with E-state index < -0.39 is 0 Å². The van der Waals surface area contributed by atoms with Crippen LogP contribution in [-0.4, -0.2) is 9.78 Å². The largest absolute Gasteiger partial charge is 0.326 e. The fourth-order valence-corrected chi connectivity index (χ4v) is 1.67. The molecule has 1 aromatic carbocycles. The summed E-state index contributed by atoms with van der Waals surface area (Å²) < 4.78 is 14.8. The van der Waals surface area contributed by atoms with Crippen molar-refractivity contribution >= 4 is 0 Å². The molecule has 0 saturated heterocycles. The maximum absolute atomic E-state index is 13.0. The van der Waals surface area contributed by atoms with Crippen molar-refractivity contribution in [1.82, 2.24) is 9.78 Å². The molecule has 0 aliphatic rings. The molecule has 0 aliphatic heterocycles. The molecular formula is C12H14FN3. The highest BCUT2D eigenvalue weighted by atomic mass is 19.1. The second-order valence-electron chi connectivity index (χ2n) is 3.83. The SMILES string of the molecule is Cc1cnn(Cc2ccc(F)cc2CN)c1. The third kappa shape index (κ3) is 2.28. The van der Waals surface area contributed by atoms with Gasteiger partial charge in [0.2, 0.25) is 0 Å². The second kappa shape index (κ2) is 4.45. The van der Waals surface area contributed by atoms with Crippen LogP contribution in [-0.2, 0) is 13.1 Å². The van der Waals surface area contributed by atoms with Crippen LogP contribution in [0.25, 0.3) is 0 Å². The van der Waals surface area contributed by atoms with E-state index in [0.29, 0.717) is 13.1 Å². The predicted molar refractivity (Wildman–Crippen MR) is 60.4 cm³/mol. The van der Waals surface area contributed by atoms with E-state index in [-0.39, 0.29) is 5.82 Å². The van der Waals surface area contributed by atoms with E-state index in [1.807, 2.05) is 17.8 Å². The number of hydrogen-bond donors (Lipinski definition) is 1. The molecule has 3 nitrogen and oxygen atoms in total. The van der Waals surface area contributed by atoms with Crippen molar-refractivity contribution in [3.05, 3.63) is 53.1 Å².